The molecular weight excluding hydrogens is 643 g/mol. The molecule has 0 amide bonds. The lowest BCUT2D eigenvalue weighted by Crippen LogP contribution is -2.48. The zero-order valence-electron chi connectivity index (χ0n) is 28.1. The molecule has 2 aromatic carbocycles. The van der Waals surface area contributed by atoms with E-state index >= 15 is 0 Å². The smallest absolute Gasteiger partial charge is 0.341 e. The molecule has 0 spiro atoms. The fraction of sp³-hybridized carbons (Fsp3) is 0.325. The monoisotopic (exact) mass is 679 g/mol. The number of rotatable bonds is 7. The minimum absolute atomic E-state index is 0.404. The number of hydrogen-bond donors (Lipinski definition) is 1. The van der Waals surface area contributed by atoms with Gasteiger partial charge in [-0.05, 0) is 110 Å². The molecule has 10 heteroatoms. The van der Waals surface area contributed by atoms with Crippen molar-refractivity contribution in [3.8, 4) is 22.4 Å². The Labute approximate surface area is 293 Å². The van der Waals surface area contributed by atoms with E-state index in [-0.39, 0.29) is 0 Å². The number of pyridine rings is 2. The third-order valence-corrected chi connectivity index (χ3v) is 12.6. The van der Waals surface area contributed by atoms with Crippen LogP contribution in [0.2, 0.25) is 0 Å². The Bertz CT molecular complexity index is 2410. The van der Waals surface area contributed by atoms with Crippen molar-refractivity contribution >= 4 is 54.9 Å². The first kappa shape index (κ1) is 29.8. The second-order valence-corrected chi connectivity index (χ2v) is 15.9. The number of nitrogens with zero attached hydrogens (tertiary/aromatic N) is 6. The maximum atomic E-state index is 12.5. The zero-order valence-corrected chi connectivity index (χ0v) is 28.9. The van der Waals surface area contributed by atoms with Crippen molar-refractivity contribution in [2.45, 2.75) is 52.0 Å². The number of carbonyl (C=O) groups excluding carboxylic acids is 1. The van der Waals surface area contributed by atoms with Crippen LogP contribution in [0.1, 0.15) is 54.6 Å². The fourth-order valence-corrected chi connectivity index (χ4v) is 10.8. The van der Waals surface area contributed by atoms with E-state index in [9.17, 15) is 4.79 Å². The molecule has 5 aromatic heterocycles. The third-order valence-electron chi connectivity index (χ3n) is 11.7. The highest BCUT2D eigenvalue weighted by Gasteiger charge is 2.51. The molecule has 1 N–H and O–H groups in total. The molecule has 0 radical (unpaired) electrons. The zero-order chi connectivity index (χ0) is 33.6. The predicted octanol–water partition coefficient (Wildman–Crippen LogP) is 9.08. The molecule has 7 aromatic rings. The normalized spacial score (nSPS) is 22.6. The van der Waals surface area contributed by atoms with Crippen molar-refractivity contribution < 1.29 is 9.53 Å². The van der Waals surface area contributed by atoms with E-state index in [1.54, 1.807) is 23.6 Å². The minimum atomic E-state index is -0.421. The van der Waals surface area contributed by atoms with Crippen LogP contribution in [-0.4, -0.2) is 42.2 Å². The van der Waals surface area contributed by atoms with Crippen LogP contribution in [0.15, 0.2) is 79.4 Å². The summed E-state index contributed by atoms with van der Waals surface area (Å²) in [6.45, 7) is 3.24. The quantitative estimate of drug-likeness (QED) is 0.168. The summed E-state index contributed by atoms with van der Waals surface area (Å²) in [5, 5.41) is 11.3. The highest BCUT2D eigenvalue weighted by Crippen LogP contribution is 2.60. The molecule has 4 bridgehead atoms. The molecule has 0 atom stereocenters. The molecular formula is C40H37N7O2S. The number of hydrogen-bond acceptors (Lipinski definition) is 8. The summed E-state index contributed by atoms with van der Waals surface area (Å²) in [5.74, 6) is 3.06. The first-order valence-electron chi connectivity index (χ1n) is 17.6. The molecule has 4 aliphatic rings. The molecule has 4 fully saturated rings. The van der Waals surface area contributed by atoms with Crippen molar-refractivity contribution in [3.05, 3.63) is 90.6 Å². The second kappa shape index (κ2) is 11.2. The summed E-state index contributed by atoms with van der Waals surface area (Å²) >= 11 is 1.61. The number of imidazole rings is 1. The van der Waals surface area contributed by atoms with E-state index in [1.807, 2.05) is 47.3 Å². The van der Waals surface area contributed by atoms with Gasteiger partial charge in [0, 0.05) is 41.1 Å². The average molecular weight is 680 g/mol. The van der Waals surface area contributed by atoms with Crippen LogP contribution in [0.4, 0.5) is 10.9 Å². The van der Waals surface area contributed by atoms with E-state index in [0.29, 0.717) is 16.6 Å². The molecule has 5 heterocycles. The van der Waals surface area contributed by atoms with Crippen LogP contribution in [0.5, 0.6) is 0 Å². The molecule has 50 heavy (non-hydrogen) atoms. The summed E-state index contributed by atoms with van der Waals surface area (Å²) in [5.41, 5.74) is 7.51. The van der Waals surface area contributed by atoms with Gasteiger partial charge in [0.1, 0.15) is 11.4 Å². The van der Waals surface area contributed by atoms with Crippen LogP contribution < -0.4 is 5.32 Å². The molecule has 4 saturated carbocycles. The first-order chi connectivity index (χ1) is 24.4. The van der Waals surface area contributed by atoms with Gasteiger partial charge in [0.2, 0.25) is 0 Å². The maximum absolute atomic E-state index is 12.5. The lowest BCUT2D eigenvalue weighted by atomic mass is 9.49. The number of ether oxygens (including phenoxy) is 1. The molecule has 0 unspecified atom stereocenters. The summed E-state index contributed by atoms with van der Waals surface area (Å²) in [4.78, 5) is 27.0. The van der Waals surface area contributed by atoms with E-state index < -0.39 is 5.97 Å². The van der Waals surface area contributed by atoms with Gasteiger partial charge in [-0.2, -0.15) is 5.10 Å². The van der Waals surface area contributed by atoms with Crippen molar-refractivity contribution in [2.24, 2.45) is 23.2 Å². The summed E-state index contributed by atoms with van der Waals surface area (Å²) in [6.07, 6.45) is 16.1. The Morgan fingerprint density at radius 3 is 2.52 bits per heavy atom. The summed E-state index contributed by atoms with van der Waals surface area (Å²) in [7, 11) is 1.39. The van der Waals surface area contributed by atoms with Crippen LogP contribution in [0, 0.1) is 30.1 Å². The fourth-order valence-electron chi connectivity index (χ4n) is 9.91. The largest absolute Gasteiger partial charge is 0.465 e. The van der Waals surface area contributed by atoms with E-state index in [2.05, 4.69) is 46.2 Å². The Kier molecular flexibility index (Phi) is 6.68. The number of thiazole rings is 1. The SMILES string of the molecule is COC(=O)c1cccn2c(-c3cnc(Nc4nc5ccccc5s4)c4cc(-c5cnn(CC67CC8CC(CC(C8)C6)C7)c5C)ccc34)cnc12. The number of nitrogens with one attached hydrogen (secondary N) is 1. The van der Waals surface area contributed by atoms with Crippen LogP contribution in [-0.2, 0) is 11.3 Å². The molecule has 4 aliphatic carbocycles. The maximum Gasteiger partial charge on any atom is 0.341 e. The lowest BCUT2D eigenvalue weighted by Gasteiger charge is -2.56. The predicted molar refractivity (Wildman–Crippen MR) is 197 cm³/mol. The van der Waals surface area contributed by atoms with Gasteiger partial charge in [0.05, 0.1) is 35.4 Å². The van der Waals surface area contributed by atoms with Gasteiger partial charge in [-0.1, -0.05) is 35.6 Å². The highest BCUT2D eigenvalue weighted by atomic mass is 32.1. The average Bonchev–Trinajstić information content (AvgIpc) is 3.83. The van der Waals surface area contributed by atoms with Gasteiger partial charge in [0.25, 0.3) is 0 Å². The van der Waals surface area contributed by atoms with Crippen LogP contribution in [0.25, 0.3) is 49.0 Å². The molecule has 0 saturated heterocycles. The standard InChI is InChI=1S/C40H37N7O2S/c1-23-31(20-43-47(23)22-40-16-24-12-25(17-40)14-26(13-24)18-40)27-9-10-28-30(15-27)36(45-39-44-33-7-3-4-8-35(33)50-39)41-19-32(28)34-21-42-37-29(38(48)49-2)6-5-11-46(34)37/h3-11,15,19-21,24-26H,12-14,16-18,22H2,1-2H3,(H,41,44,45). The van der Waals surface area contributed by atoms with E-state index in [1.165, 1.54) is 51.3 Å². The number of para-hydroxylation sites is 1. The number of benzene rings is 2. The summed E-state index contributed by atoms with van der Waals surface area (Å²) < 4.78 is 10.4. The molecule has 0 aliphatic heterocycles. The molecule has 11 rings (SSSR count). The summed E-state index contributed by atoms with van der Waals surface area (Å²) in [6, 6.07) is 18.3. The topological polar surface area (TPSA) is 99.2 Å². The Morgan fingerprint density at radius 2 is 1.74 bits per heavy atom. The molecule has 9 nitrogen and oxygen atoms in total. The third kappa shape index (κ3) is 4.75. The minimum Gasteiger partial charge on any atom is -0.465 e. The number of anilines is 2. The number of fused-ring (bicyclic) bond motifs is 3. The number of aromatic nitrogens is 6. The highest BCUT2D eigenvalue weighted by molar-refractivity contribution is 7.22. The van der Waals surface area contributed by atoms with Gasteiger partial charge in [-0.25, -0.2) is 19.7 Å². The van der Waals surface area contributed by atoms with Crippen molar-refractivity contribution in [2.75, 3.05) is 12.4 Å². The lowest BCUT2D eigenvalue weighted by molar-refractivity contribution is -0.0638. The van der Waals surface area contributed by atoms with E-state index in [0.717, 1.165) is 78.6 Å². The number of methoxy groups -OCH3 is 1. The van der Waals surface area contributed by atoms with Crippen LogP contribution in [0.3, 0.4) is 0 Å². The van der Waals surface area contributed by atoms with Crippen molar-refractivity contribution in [1.82, 2.24) is 29.1 Å². The Morgan fingerprint density at radius 1 is 0.940 bits per heavy atom. The Balaban J connectivity index is 1.07. The van der Waals surface area contributed by atoms with Gasteiger partial charge in [-0.3, -0.25) is 9.08 Å². The van der Waals surface area contributed by atoms with Gasteiger partial charge < -0.3 is 10.1 Å². The van der Waals surface area contributed by atoms with Gasteiger partial charge in [0.15, 0.2) is 10.8 Å². The molecule has 250 valence electrons. The van der Waals surface area contributed by atoms with Crippen molar-refractivity contribution in [1.29, 1.82) is 0 Å². The number of esters is 1. The Hall–Kier alpha value is -5.09. The van der Waals surface area contributed by atoms with E-state index in [4.69, 9.17) is 19.8 Å². The van der Waals surface area contributed by atoms with Crippen LogP contribution >= 0.6 is 11.3 Å². The second-order valence-electron chi connectivity index (χ2n) is 14.9. The first-order valence-corrected chi connectivity index (χ1v) is 18.4. The number of carbonyl (C=O) groups is 1. The van der Waals surface area contributed by atoms with Gasteiger partial charge >= 0.3 is 5.97 Å². The van der Waals surface area contributed by atoms with Gasteiger partial charge in [-0.15, -0.1) is 0 Å². The van der Waals surface area contributed by atoms with Crippen molar-refractivity contribution in [3.63, 3.8) is 0 Å².